The number of piperidine rings is 1. The summed E-state index contributed by atoms with van der Waals surface area (Å²) in [5.41, 5.74) is 0. The normalized spacial score (nSPS) is 31.6. The van der Waals surface area contributed by atoms with Gasteiger partial charge in [0.25, 0.3) is 0 Å². The van der Waals surface area contributed by atoms with Gasteiger partial charge in [-0.25, -0.2) is 8.42 Å². The zero-order valence-electron chi connectivity index (χ0n) is 11.0. The van der Waals surface area contributed by atoms with Crippen molar-refractivity contribution in [3.05, 3.63) is 0 Å². The third kappa shape index (κ3) is 3.23. The number of hydrogen-bond acceptors (Lipinski definition) is 4. The largest absolute Gasteiger partial charge is 0.311 e. The predicted octanol–water partition coefficient (Wildman–Crippen LogP) is 0.762. The molecular formula is C12H22N2O3S. The molecule has 2 bridgehead atoms. The second-order valence-corrected chi connectivity index (χ2v) is 8.04. The lowest BCUT2D eigenvalue weighted by molar-refractivity contribution is -0.120. The van der Waals surface area contributed by atoms with E-state index in [9.17, 15) is 13.2 Å². The van der Waals surface area contributed by atoms with Crippen molar-refractivity contribution in [2.45, 2.75) is 63.3 Å². The van der Waals surface area contributed by atoms with Crippen molar-refractivity contribution < 1.29 is 13.2 Å². The van der Waals surface area contributed by atoms with Crippen molar-refractivity contribution in [3.8, 4) is 0 Å². The van der Waals surface area contributed by atoms with Gasteiger partial charge < -0.3 is 5.32 Å². The molecule has 0 aliphatic carbocycles. The number of hydrogen-bond donors (Lipinski definition) is 2. The van der Waals surface area contributed by atoms with Gasteiger partial charge in [0.1, 0.15) is 0 Å². The molecule has 0 aromatic rings. The van der Waals surface area contributed by atoms with Gasteiger partial charge in [0.2, 0.25) is 15.9 Å². The lowest BCUT2D eigenvalue weighted by atomic mass is 9.89. The summed E-state index contributed by atoms with van der Waals surface area (Å²) in [7, 11) is -3.47. The molecule has 18 heavy (non-hydrogen) atoms. The minimum atomic E-state index is -3.47. The van der Waals surface area contributed by atoms with Crippen LogP contribution in [-0.4, -0.2) is 31.7 Å². The molecule has 104 valence electrons. The average molecular weight is 274 g/mol. The van der Waals surface area contributed by atoms with Crippen LogP contribution in [0.2, 0.25) is 0 Å². The van der Waals surface area contributed by atoms with E-state index in [1.165, 1.54) is 12.8 Å². The van der Waals surface area contributed by atoms with Crippen LogP contribution in [0.25, 0.3) is 0 Å². The second-order valence-electron chi connectivity index (χ2n) is 5.80. The molecule has 2 atom stereocenters. The Morgan fingerprint density at radius 2 is 1.83 bits per heavy atom. The first-order valence-corrected chi connectivity index (χ1v) is 8.22. The highest BCUT2D eigenvalue weighted by Gasteiger charge is 2.34. The van der Waals surface area contributed by atoms with E-state index in [0.29, 0.717) is 24.4 Å². The van der Waals surface area contributed by atoms with Crippen molar-refractivity contribution >= 4 is 15.9 Å². The summed E-state index contributed by atoms with van der Waals surface area (Å²) < 4.78 is 25.3. The topological polar surface area (TPSA) is 75.3 Å². The Morgan fingerprint density at radius 3 is 2.33 bits per heavy atom. The monoisotopic (exact) mass is 274 g/mol. The number of nitrogens with one attached hydrogen (secondary N) is 2. The van der Waals surface area contributed by atoms with Gasteiger partial charge in [0.15, 0.2) is 0 Å². The maximum atomic E-state index is 11.8. The molecule has 0 spiro atoms. The minimum Gasteiger partial charge on any atom is -0.311 e. The van der Waals surface area contributed by atoms with E-state index >= 15 is 0 Å². The molecule has 0 aromatic heterocycles. The van der Waals surface area contributed by atoms with Gasteiger partial charge >= 0.3 is 0 Å². The first-order chi connectivity index (χ1) is 8.37. The summed E-state index contributed by atoms with van der Waals surface area (Å²) in [4.78, 5) is 11.8. The Morgan fingerprint density at radius 1 is 1.28 bits per heavy atom. The molecule has 2 aliphatic rings. The molecule has 2 aliphatic heterocycles. The number of fused-ring (bicyclic) bond motifs is 2. The second kappa shape index (κ2) is 5.17. The van der Waals surface area contributed by atoms with Gasteiger partial charge in [-0.2, -0.15) is 0 Å². The molecule has 2 saturated heterocycles. The number of amides is 1. The van der Waals surface area contributed by atoms with E-state index in [4.69, 9.17) is 0 Å². The summed E-state index contributed by atoms with van der Waals surface area (Å²) in [5, 5.41) is 2.95. The standard InChI is InChI=1S/C12H22N2O3S/c1-8(2)18(16,17)14-12(15)7-9-5-10-3-4-11(6-9)13-10/h8-11,13H,3-7H2,1-2H3,(H,14,15). The van der Waals surface area contributed by atoms with Crippen LogP contribution in [0.15, 0.2) is 0 Å². The molecule has 2 unspecified atom stereocenters. The van der Waals surface area contributed by atoms with Gasteiger partial charge in [-0.3, -0.25) is 9.52 Å². The highest BCUT2D eigenvalue weighted by Crippen LogP contribution is 2.32. The van der Waals surface area contributed by atoms with Crippen molar-refractivity contribution in [2.24, 2.45) is 5.92 Å². The quantitative estimate of drug-likeness (QED) is 0.793. The fourth-order valence-corrected chi connectivity index (χ4v) is 3.56. The van der Waals surface area contributed by atoms with E-state index < -0.39 is 15.3 Å². The van der Waals surface area contributed by atoms with Crippen LogP contribution in [-0.2, 0) is 14.8 Å². The first-order valence-electron chi connectivity index (χ1n) is 6.67. The Bertz CT molecular complexity index is 407. The predicted molar refractivity (Wildman–Crippen MR) is 69.5 cm³/mol. The Hall–Kier alpha value is -0.620. The molecule has 1 amide bonds. The maximum Gasteiger partial charge on any atom is 0.237 e. The van der Waals surface area contributed by atoms with Gasteiger partial charge in [0.05, 0.1) is 5.25 Å². The van der Waals surface area contributed by atoms with Crippen LogP contribution >= 0.6 is 0 Å². The van der Waals surface area contributed by atoms with Gasteiger partial charge in [0, 0.05) is 18.5 Å². The average Bonchev–Trinajstić information content (AvgIpc) is 2.56. The fraction of sp³-hybridized carbons (Fsp3) is 0.917. The smallest absolute Gasteiger partial charge is 0.237 e. The van der Waals surface area contributed by atoms with Crippen LogP contribution in [0.4, 0.5) is 0 Å². The zero-order chi connectivity index (χ0) is 13.3. The number of sulfonamides is 1. The van der Waals surface area contributed by atoms with Crippen molar-refractivity contribution in [2.75, 3.05) is 0 Å². The fourth-order valence-electron chi connectivity index (χ4n) is 2.92. The third-order valence-electron chi connectivity index (χ3n) is 3.92. The minimum absolute atomic E-state index is 0.325. The molecule has 0 radical (unpaired) electrons. The lowest BCUT2D eigenvalue weighted by Crippen LogP contribution is -2.41. The molecule has 0 saturated carbocycles. The SMILES string of the molecule is CC(C)S(=O)(=O)NC(=O)CC1CC2CCC(C1)N2. The van der Waals surface area contributed by atoms with Crippen molar-refractivity contribution in [1.82, 2.24) is 10.0 Å². The Balaban J connectivity index is 1.85. The van der Waals surface area contributed by atoms with Gasteiger partial charge in [-0.05, 0) is 45.4 Å². The van der Waals surface area contributed by atoms with Gasteiger partial charge in [-0.15, -0.1) is 0 Å². The summed E-state index contributed by atoms with van der Waals surface area (Å²) >= 11 is 0. The molecule has 2 fully saturated rings. The number of carbonyl (C=O) groups is 1. The summed E-state index contributed by atoms with van der Waals surface area (Å²) in [6, 6.07) is 1.06. The van der Waals surface area contributed by atoms with Crippen LogP contribution in [0.1, 0.15) is 46.0 Å². The number of carbonyl (C=O) groups excluding carboxylic acids is 1. The first kappa shape index (κ1) is 13.8. The van der Waals surface area contributed by atoms with E-state index in [1.807, 2.05) is 0 Å². The third-order valence-corrected chi connectivity index (χ3v) is 5.67. The Kier molecular flexibility index (Phi) is 3.96. The van der Waals surface area contributed by atoms with Crippen LogP contribution in [0, 0.1) is 5.92 Å². The highest BCUT2D eigenvalue weighted by molar-refractivity contribution is 7.90. The maximum absolute atomic E-state index is 11.8. The summed E-state index contributed by atoms with van der Waals surface area (Å²) in [5.74, 6) is -0.0267. The van der Waals surface area contributed by atoms with Crippen molar-refractivity contribution in [1.29, 1.82) is 0 Å². The van der Waals surface area contributed by atoms with E-state index in [2.05, 4.69) is 10.0 Å². The Labute approximate surface area is 109 Å². The molecule has 2 heterocycles. The van der Waals surface area contributed by atoms with Crippen LogP contribution in [0.3, 0.4) is 0 Å². The molecule has 2 rings (SSSR count). The molecule has 0 aromatic carbocycles. The van der Waals surface area contributed by atoms with Crippen molar-refractivity contribution in [3.63, 3.8) is 0 Å². The zero-order valence-corrected chi connectivity index (χ0v) is 11.8. The molecule has 2 N–H and O–H groups in total. The highest BCUT2D eigenvalue weighted by atomic mass is 32.2. The molecule has 6 heteroatoms. The van der Waals surface area contributed by atoms with Crippen LogP contribution in [0.5, 0.6) is 0 Å². The number of rotatable bonds is 4. The van der Waals surface area contributed by atoms with E-state index in [-0.39, 0.29) is 5.91 Å². The lowest BCUT2D eigenvalue weighted by Gasteiger charge is -2.28. The molecule has 5 nitrogen and oxygen atoms in total. The van der Waals surface area contributed by atoms with E-state index in [1.54, 1.807) is 13.8 Å². The van der Waals surface area contributed by atoms with Crippen LogP contribution < -0.4 is 10.0 Å². The summed E-state index contributed by atoms with van der Waals surface area (Å²) in [6.45, 7) is 3.14. The van der Waals surface area contributed by atoms with Gasteiger partial charge in [-0.1, -0.05) is 0 Å². The summed E-state index contributed by atoms with van der Waals surface area (Å²) in [6.07, 6.45) is 4.69. The molecular weight excluding hydrogens is 252 g/mol. The van der Waals surface area contributed by atoms with E-state index in [0.717, 1.165) is 12.8 Å².